The van der Waals surface area contributed by atoms with E-state index in [1.807, 2.05) is 12.2 Å². The molecule has 62 valence electrons. The molecule has 1 amide bonds. The maximum atomic E-state index is 11.2. The molecule has 0 radical (unpaired) electrons. The van der Waals surface area contributed by atoms with E-state index in [4.69, 9.17) is 0 Å². The summed E-state index contributed by atoms with van der Waals surface area (Å²) in [5.74, 6) is 0.00579. The van der Waals surface area contributed by atoms with Crippen molar-refractivity contribution in [3.63, 3.8) is 0 Å². The van der Waals surface area contributed by atoms with E-state index in [2.05, 4.69) is 21.2 Å². The standard InChI is InChI=1S/C8H7BrN2O/c9-6-2-4-11-7(5-6)10-3-1-8(11)12/h1-5,7,10H. The highest BCUT2D eigenvalue weighted by Gasteiger charge is 2.22. The predicted octanol–water partition coefficient (Wildman–Crippen LogP) is 1.06. The summed E-state index contributed by atoms with van der Waals surface area (Å²) in [6, 6.07) is 0. The van der Waals surface area contributed by atoms with Crippen molar-refractivity contribution in [2.24, 2.45) is 0 Å². The molecule has 12 heavy (non-hydrogen) atoms. The Morgan fingerprint density at radius 3 is 3.17 bits per heavy atom. The van der Waals surface area contributed by atoms with Crippen LogP contribution in [0, 0.1) is 0 Å². The molecule has 0 fully saturated rings. The quantitative estimate of drug-likeness (QED) is 0.671. The second-order valence-corrected chi connectivity index (χ2v) is 3.47. The lowest BCUT2D eigenvalue weighted by Crippen LogP contribution is -2.46. The Morgan fingerprint density at radius 1 is 1.50 bits per heavy atom. The average molecular weight is 227 g/mol. The smallest absolute Gasteiger partial charge is 0.253 e. The number of rotatable bonds is 0. The highest BCUT2D eigenvalue weighted by Crippen LogP contribution is 2.18. The van der Waals surface area contributed by atoms with Gasteiger partial charge < -0.3 is 5.32 Å². The predicted molar refractivity (Wildman–Crippen MR) is 49.1 cm³/mol. The van der Waals surface area contributed by atoms with Crippen molar-refractivity contribution in [2.45, 2.75) is 6.17 Å². The second-order valence-electron chi connectivity index (χ2n) is 2.56. The third-order valence-corrected chi connectivity index (χ3v) is 2.29. The van der Waals surface area contributed by atoms with E-state index >= 15 is 0 Å². The number of fused-ring (bicyclic) bond motifs is 1. The van der Waals surface area contributed by atoms with Crippen molar-refractivity contribution in [3.8, 4) is 0 Å². The van der Waals surface area contributed by atoms with Gasteiger partial charge in [-0.2, -0.15) is 0 Å². The summed E-state index contributed by atoms with van der Waals surface area (Å²) in [4.78, 5) is 12.9. The van der Waals surface area contributed by atoms with Crippen LogP contribution in [0.4, 0.5) is 0 Å². The van der Waals surface area contributed by atoms with Gasteiger partial charge in [-0.3, -0.25) is 9.69 Å². The van der Waals surface area contributed by atoms with Crippen molar-refractivity contribution < 1.29 is 4.79 Å². The number of nitrogens with zero attached hydrogens (tertiary/aromatic N) is 1. The second kappa shape index (κ2) is 2.79. The lowest BCUT2D eigenvalue weighted by molar-refractivity contribution is -0.125. The normalized spacial score (nSPS) is 26.4. The van der Waals surface area contributed by atoms with Gasteiger partial charge in [0.2, 0.25) is 0 Å². The van der Waals surface area contributed by atoms with Crippen molar-refractivity contribution in [1.29, 1.82) is 0 Å². The van der Waals surface area contributed by atoms with Gasteiger partial charge in [-0.1, -0.05) is 15.9 Å². The van der Waals surface area contributed by atoms with Crippen LogP contribution in [0.15, 0.2) is 35.1 Å². The summed E-state index contributed by atoms with van der Waals surface area (Å²) in [6.07, 6.45) is 8.67. The largest absolute Gasteiger partial charge is 0.367 e. The number of halogens is 1. The Balaban J connectivity index is 2.31. The summed E-state index contributed by atoms with van der Waals surface area (Å²) in [7, 11) is 0. The van der Waals surface area contributed by atoms with E-state index in [0.29, 0.717) is 0 Å². The maximum absolute atomic E-state index is 11.2. The third-order valence-electron chi connectivity index (χ3n) is 1.76. The monoisotopic (exact) mass is 226 g/mol. The summed E-state index contributed by atoms with van der Waals surface area (Å²) >= 11 is 3.34. The van der Waals surface area contributed by atoms with Gasteiger partial charge in [0.05, 0.1) is 0 Å². The Hall–Kier alpha value is -1.03. The van der Waals surface area contributed by atoms with Gasteiger partial charge in [0.25, 0.3) is 5.91 Å². The fourth-order valence-corrected chi connectivity index (χ4v) is 1.54. The van der Waals surface area contributed by atoms with Crippen LogP contribution in [-0.2, 0) is 4.79 Å². The van der Waals surface area contributed by atoms with E-state index in [9.17, 15) is 4.79 Å². The molecule has 4 heteroatoms. The zero-order chi connectivity index (χ0) is 8.55. The molecule has 2 heterocycles. The first-order chi connectivity index (χ1) is 5.77. The SMILES string of the molecule is O=C1C=CNC2C=C(Br)C=CN12. The zero-order valence-corrected chi connectivity index (χ0v) is 7.78. The van der Waals surface area contributed by atoms with Crippen molar-refractivity contribution in [3.05, 3.63) is 35.1 Å². The fourth-order valence-electron chi connectivity index (χ4n) is 1.17. The number of carbonyl (C=O) groups is 1. The summed E-state index contributed by atoms with van der Waals surface area (Å²) in [5.41, 5.74) is 0. The molecular formula is C8H7BrN2O. The number of amides is 1. The first-order valence-corrected chi connectivity index (χ1v) is 4.37. The third kappa shape index (κ3) is 1.18. The summed E-state index contributed by atoms with van der Waals surface area (Å²) in [5, 5.41) is 3.05. The molecule has 0 saturated heterocycles. The van der Waals surface area contributed by atoms with Gasteiger partial charge in [-0.15, -0.1) is 0 Å². The molecule has 0 bridgehead atoms. The minimum Gasteiger partial charge on any atom is -0.367 e. The van der Waals surface area contributed by atoms with Crippen LogP contribution in [0.3, 0.4) is 0 Å². The molecule has 2 aliphatic rings. The van der Waals surface area contributed by atoms with Crippen molar-refractivity contribution in [1.82, 2.24) is 10.2 Å². The van der Waals surface area contributed by atoms with Crippen LogP contribution in [-0.4, -0.2) is 17.0 Å². The van der Waals surface area contributed by atoms with Gasteiger partial charge in [-0.05, 0) is 12.2 Å². The average Bonchev–Trinajstić information content (AvgIpc) is 2.04. The molecule has 2 aliphatic heterocycles. The van der Waals surface area contributed by atoms with Crippen LogP contribution in [0.1, 0.15) is 0 Å². The fraction of sp³-hybridized carbons (Fsp3) is 0.125. The molecule has 0 aliphatic carbocycles. The molecular weight excluding hydrogens is 220 g/mol. The van der Waals surface area contributed by atoms with E-state index in [-0.39, 0.29) is 12.1 Å². The van der Waals surface area contributed by atoms with Crippen LogP contribution in [0.25, 0.3) is 0 Å². The van der Waals surface area contributed by atoms with Crippen LogP contribution >= 0.6 is 15.9 Å². The Kier molecular flexibility index (Phi) is 1.77. The number of hydrogen-bond donors (Lipinski definition) is 1. The Labute approximate surface area is 78.6 Å². The lowest BCUT2D eigenvalue weighted by Gasteiger charge is -2.31. The molecule has 2 rings (SSSR count). The van der Waals surface area contributed by atoms with E-state index in [0.717, 1.165) is 4.48 Å². The van der Waals surface area contributed by atoms with Crippen molar-refractivity contribution >= 4 is 21.8 Å². The van der Waals surface area contributed by atoms with E-state index in [1.165, 1.54) is 6.08 Å². The molecule has 0 spiro atoms. The Bertz CT molecular complexity index is 306. The highest BCUT2D eigenvalue weighted by molar-refractivity contribution is 9.11. The molecule has 3 nitrogen and oxygen atoms in total. The van der Waals surface area contributed by atoms with Crippen LogP contribution < -0.4 is 5.32 Å². The molecule has 1 N–H and O–H groups in total. The first kappa shape index (κ1) is 7.61. The Morgan fingerprint density at radius 2 is 2.33 bits per heavy atom. The minimum atomic E-state index is -0.0399. The van der Waals surface area contributed by atoms with Crippen LogP contribution in [0.2, 0.25) is 0 Å². The van der Waals surface area contributed by atoms with Crippen molar-refractivity contribution in [2.75, 3.05) is 0 Å². The van der Waals surface area contributed by atoms with Gasteiger partial charge >= 0.3 is 0 Å². The van der Waals surface area contributed by atoms with E-state index in [1.54, 1.807) is 17.3 Å². The highest BCUT2D eigenvalue weighted by atomic mass is 79.9. The molecule has 0 saturated carbocycles. The maximum Gasteiger partial charge on any atom is 0.253 e. The molecule has 0 aromatic carbocycles. The topological polar surface area (TPSA) is 32.3 Å². The zero-order valence-electron chi connectivity index (χ0n) is 6.20. The lowest BCUT2D eigenvalue weighted by atomic mass is 10.2. The number of nitrogens with one attached hydrogen (secondary N) is 1. The summed E-state index contributed by atoms with van der Waals surface area (Å²) < 4.78 is 0.986. The van der Waals surface area contributed by atoms with Crippen LogP contribution in [0.5, 0.6) is 0 Å². The minimum absolute atomic E-state index is 0.00579. The molecule has 1 atom stereocenters. The summed E-state index contributed by atoms with van der Waals surface area (Å²) in [6.45, 7) is 0. The number of hydrogen-bond acceptors (Lipinski definition) is 2. The van der Waals surface area contributed by atoms with Gasteiger partial charge in [0.15, 0.2) is 0 Å². The molecule has 1 unspecified atom stereocenters. The molecule has 0 aromatic heterocycles. The van der Waals surface area contributed by atoms with Gasteiger partial charge in [0.1, 0.15) is 6.17 Å². The van der Waals surface area contributed by atoms with E-state index < -0.39 is 0 Å². The van der Waals surface area contributed by atoms with Gasteiger partial charge in [0, 0.05) is 23.0 Å². The number of allylic oxidation sites excluding steroid dienone is 2. The van der Waals surface area contributed by atoms with Gasteiger partial charge in [-0.25, -0.2) is 0 Å². The molecule has 0 aromatic rings. The number of carbonyl (C=O) groups excluding carboxylic acids is 1. The first-order valence-electron chi connectivity index (χ1n) is 3.58.